The summed E-state index contributed by atoms with van der Waals surface area (Å²) >= 11 is 1.83. The second kappa shape index (κ2) is 7.94. The molecule has 0 saturated heterocycles. The van der Waals surface area contributed by atoms with Crippen LogP contribution in [0.25, 0.3) is 6.08 Å². The summed E-state index contributed by atoms with van der Waals surface area (Å²) in [4.78, 5) is 5.92. The smallest absolute Gasteiger partial charge is 0.0903 e. The molecule has 0 aliphatic heterocycles. The van der Waals surface area contributed by atoms with Gasteiger partial charge in [0.25, 0.3) is 0 Å². The number of aryl methyl sites for hydroxylation is 2. The topological polar surface area (TPSA) is 24.9 Å². The minimum absolute atomic E-state index is 0.787. The highest BCUT2D eigenvalue weighted by Gasteiger charge is 2.18. The maximum absolute atomic E-state index is 4.56. The van der Waals surface area contributed by atoms with Crippen molar-refractivity contribution >= 4 is 17.4 Å². The van der Waals surface area contributed by atoms with E-state index in [0.717, 1.165) is 19.0 Å². The lowest BCUT2D eigenvalue weighted by Crippen LogP contribution is -2.22. The molecule has 0 atom stereocenters. The summed E-state index contributed by atoms with van der Waals surface area (Å²) < 4.78 is 0. The molecule has 2 nitrogen and oxygen atoms in total. The highest BCUT2D eigenvalue weighted by Crippen LogP contribution is 2.32. The van der Waals surface area contributed by atoms with Gasteiger partial charge in [0.2, 0.25) is 0 Å². The molecular formula is C17H28N2S. The molecule has 0 radical (unpaired) electrons. The molecule has 0 bridgehead atoms. The molecule has 1 fully saturated rings. The van der Waals surface area contributed by atoms with Gasteiger partial charge >= 0.3 is 0 Å². The predicted octanol–water partition coefficient (Wildman–Crippen LogP) is 4.72. The first-order valence-corrected chi connectivity index (χ1v) is 8.87. The molecule has 1 N–H and O–H groups in total. The normalized spacial score (nSPS) is 17.6. The first-order valence-electron chi connectivity index (χ1n) is 8.06. The van der Waals surface area contributed by atoms with Gasteiger partial charge in [-0.15, -0.1) is 11.3 Å². The molecule has 0 spiro atoms. The number of aromatic nitrogens is 1. The van der Waals surface area contributed by atoms with Crippen molar-refractivity contribution in [1.82, 2.24) is 10.3 Å². The van der Waals surface area contributed by atoms with Crippen molar-refractivity contribution < 1.29 is 0 Å². The average Bonchev–Trinajstić information content (AvgIpc) is 2.77. The van der Waals surface area contributed by atoms with Gasteiger partial charge < -0.3 is 5.32 Å². The zero-order chi connectivity index (χ0) is 14.4. The van der Waals surface area contributed by atoms with E-state index in [9.17, 15) is 0 Å². The van der Waals surface area contributed by atoms with Crippen molar-refractivity contribution in [2.24, 2.45) is 5.92 Å². The SMILES string of the molecule is CCCNCC(=Cc1sc(C)nc1C)C1CCCCC1. The molecule has 0 aromatic carbocycles. The van der Waals surface area contributed by atoms with E-state index in [4.69, 9.17) is 0 Å². The van der Waals surface area contributed by atoms with E-state index >= 15 is 0 Å². The summed E-state index contributed by atoms with van der Waals surface area (Å²) in [5.41, 5.74) is 2.79. The van der Waals surface area contributed by atoms with Gasteiger partial charge in [0, 0.05) is 6.54 Å². The fourth-order valence-corrected chi connectivity index (χ4v) is 3.95. The Balaban J connectivity index is 2.13. The lowest BCUT2D eigenvalue weighted by atomic mass is 9.83. The number of thiazole rings is 1. The number of hydrogen-bond acceptors (Lipinski definition) is 3. The minimum Gasteiger partial charge on any atom is -0.313 e. The first-order chi connectivity index (χ1) is 9.70. The van der Waals surface area contributed by atoms with Crippen molar-refractivity contribution in [3.63, 3.8) is 0 Å². The molecule has 2 rings (SSSR count). The molecule has 1 aliphatic rings. The largest absolute Gasteiger partial charge is 0.313 e. The van der Waals surface area contributed by atoms with E-state index < -0.39 is 0 Å². The van der Waals surface area contributed by atoms with E-state index in [1.165, 1.54) is 54.1 Å². The zero-order valence-corrected chi connectivity index (χ0v) is 14.0. The molecule has 1 saturated carbocycles. The first kappa shape index (κ1) is 15.7. The summed E-state index contributed by atoms with van der Waals surface area (Å²) in [7, 11) is 0. The highest BCUT2D eigenvalue weighted by atomic mass is 32.1. The van der Waals surface area contributed by atoms with Gasteiger partial charge in [0.05, 0.1) is 15.6 Å². The standard InChI is InChI=1S/C17H28N2S/c1-4-10-18-12-16(15-8-6-5-7-9-15)11-17-13(2)19-14(3)20-17/h11,15,18H,4-10,12H2,1-3H3. The van der Waals surface area contributed by atoms with Crippen LogP contribution in [0.2, 0.25) is 0 Å². The van der Waals surface area contributed by atoms with E-state index in [-0.39, 0.29) is 0 Å². The Kier molecular flexibility index (Phi) is 6.24. The average molecular weight is 292 g/mol. The van der Waals surface area contributed by atoms with Crippen molar-refractivity contribution in [3.8, 4) is 0 Å². The van der Waals surface area contributed by atoms with Crippen LogP contribution in [-0.2, 0) is 0 Å². The van der Waals surface area contributed by atoms with Crippen LogP contribution in [-0.4, -0.2) is 18.1 Å². The fraction of sp³-hybridized carbons (Fsp3) is 0.706. The summed E-state index contributed by atoms with van der Waals surface area (Å²) in [6.07, 6.45) is 10.6. The quantitative estimate of drug-likeness (QED) is 0.767. The van der Waals surface area contributed by atoms with Gasteiger partial charge in [0.15, 0.2) is 0 Å². The van der Waals surface area contributed by atoms with Gasteiger partial charge in [-0.2, -0.15) is 0 Å². The molecule has 3 heteroatoms. The summed E-state index contributed by atoms with van der Waals surface area (Å²) in [5.74, 6) is 0.787. The number of nitrogens with one attached hydrogen (secondary N) is 1. The lowest BCUT2D eigenvalue weighted by molar-refractivity contribution is 0.397. The number of nitrogens with zero attached hydrogens (tertiary/aromatic N) is 1. The Hall–Kier alpha value is -0.670. The monoisotopic (exact) mass is 292 g/mol. The van der Waals surface area contributed by atoms with Gasteiger partial charge in [-0.3, -0.25) is 0 Å². The maximum atomic E-state index is 4.56. The Labute approximate surface area is 127 Å². The second-order valence-electron chi connectivity index (χ2n) is 5.91. The third-order valence-corrected chi connectivity index (χ3v) is 5.16. The van der Waals surface area contributed by atoms with Crippen LogP contribution in [0.5, 0.6) is 0 Å². The van der Waals surface area contributed by atoms with E-state index in [1.54, 1.807) is 5.57 Å². The van der Waals surface area contributed by atoms with Gasteiger partial charge in [-0.25, -0.2) is 4.98 Å². The van der Waals surface area contributed by atoms with E-state index in [0.29, 0.717) is 0 Å². The van der Waals surface area contributed by atoms with Gasteiger partial charge in [-0.1, -0.05) is 31.8 Å². The Bertz CT molecular complexity index is 442. The number of hydrogen-bond donors (Lipinski definition) is 1. The van der Waals surface area contributed by atoms with Crippen LogP contribution in [0.4, 0.5) is 0 Å². The third kappa shape index (κ3) is 4.42. The minimum atomic E-state index is 0.787. The van der Waals surface area contributed by atoms with Crippen LogP contribution in [0.15, 0.2) is 5.57 Å². The maximum Gasteiger partial charge on any atom is 0.0903 e. The molecule has 20 heavy (non-hydrogen) atoms. The van der Waals surface area contributed by atoms with E-state index in [2.05, 4.69) is 37.1 Å². The van der Waals surface area contributed by atoms with Gasteiger partial charge in [-0.05, 0) is 51.6 Å². The molecular weight excluding hydrogens is 264 g/mol. The van der Waals surface area contributed by atoms with Crippen molar-refractivity contribution in [1.29, 1.82) is 0 Å². The van der Waals surface area contributed by atoms with Crippen LogP contribution in [0.3, 0.4) is 0 Å². The molecule has 1 aliphatic carbocycles. The van der Waals surface area contributed by atoms with Gasteiger partial charge in [0.1, 0.15) is 0 Å². The zero-order valence-electron chi connectivity index (χ0n) is 13.2. The Morgan fingerprint density at radius 3 is 2.65 bits per heavy atom. The Morgan fingerprint density at radius 2 is 2.05 bits per heavy atom. The van der Waals surface area contributed by atoms with Crippen LogP contribution < -0.4 is 5.32 Å². The second-order valence-corrected chi connectivity index (χ2v) is 7.15. The van der Waals surface area contributed by atoms with Crippen molar-refractivity contribution in [2.45, 2.75) is 59.3 Å². The molecule has 112 valence electrons. The fourth-order valence-electron chi connectivity index (χ4n) is 3.05. The Morgan fingerprint density at radius 1 is 1.30 bits per heavy atom. The molecule has 1 aromatic heterocycles. The molecule has 0 unspecified atom stereocenters. The highest BCUT2D eigenvalue weighted by molar-refractivity contribution is 7.12. The lowest BCUT2D eigenvalue weighted by Gasteiger charge is -2.25. The molecule has 0 amide bonds. The van der Waals surface area contributed by atoms with Crippen LogP contribution in [0.1, 0.15) is 61.0 Å². The van der Waals surface area contributed by atoms with Crippen LogP contribution >= 0.6 is 11.3 Å². The summed E-state index contributed by atoms with van der Waals surface area (Å²) in [6.45, 7) is 8.63. The third-order valence-electron chi connectivity index (χ3n) is 4.14. The number of rotatable bonds is 6. The summed E-state index contributed by atoms with van der Waals surface area (Å²) in [5, 5.41) is 4.77. The van der Waals surface area contributed by atoms with Crippen molar-refractivity contribution in [3.05, 3.63) is 21.2 Å². The van der Waals surface area contributed by atoms with E-state index in [1.807, 2.05) is 11.3 Å². The molecule has 1 aromatic rings. The van der Waals surface area contributed by atoms with Crippen LogP contribution in [0, 0.1) is 19.8 Å². The van der Waals surface area contributed by atoms with Crippen molar-refractivity contribution in [2.75, 3.05) is 13.1 Å². The predicted molar refractivity (Wildman–Crippen MR) is 89.3 cm³/mol. The summed E-state index contributed by atoms with van der Waals surface area (Å²) in [6, 6.07) is 0. The molecule has 1 heterocycles.